The highest BCUT2D eigenvalue weighted by atomic mass is 32.2. The molecular weight excluding hydrogens is 340 g/mol. The van der Waals surface area contributed by atoms with Gasteiger partial charge in [0.25, 0.3) is 0 Å². The number of nitrogens with zero attached hydrogens (tertiary/aromatic N) is 3. The molecule has 0 atom stereocenters. The van der Waals surface area contributed by atoms with E-state index >= 15 is 0 Å². The Morgan fingerprint density at radius 3 is 2.76 bits per heavy atom. The molecule has 0 bridgehead atoms. The minimum absolute atomic E-state index is 0.277. The van der Waals surface area contributed by atoms with Gasteiger partial charge in [0, 0.05) is 18.0 Å². The normalized spacial score (nSPS) is 14.4. The molecule has 4 rings (SSSR count). The summed E-state index contributed by atoms with van der Waals surface area (Å²) in [7, 11) is -3.32. The van der Waals surface area contributed by atoms with Crippen LogP contribution in [0, 0.1) is 0 Å². The summed E-state index contributed by atoms with van der Waals surface area (Å²) in [6, 6.07) is 10.9. The first kappa shape index (κ1) is 15.8. The minimum Gasteiger partial charge on any atom is -0.339 e. The third-order valence-electron chi connectivity index (χ3n) is 3.96. The summed E-state index contributed by atoms with van der Waals surface area (Å²) in [6.45, 7) is 0. The van der Waals surface area contributed by atoms with Crippen molar-refractivity contribution in [2.24, 2.45) is 0 Å². The van der Waals surface area contributed by atoms with Gasteiger partial charge in [0.05, 0.1) is 17.4 Å². The number of sulfonamides is 1. The second-order valence-electron chi connectivity index (χ2n) is 5.93. The molecular formula is C17H16N4O3S. The van der Waals surface area contributed by atoms with Crippen LogP contribution in [0.2, 0.25) is 0 Å². The van der Waals surface area contributed by atoms with E-state index in [1.807, 2.05) is 18.2 Å². The first-order valence-corrected chi connectivity index (χ1v) is 9.49. The first-order chi connectivity index (χ1) is 12.1. The van der Waals surface area contributed by atoms with Crippen LogP contribution in [0.25, 0.3) is 11.4 Å². The molecule has 1 fully saturated rings. The van der Waals surface area contributed by atoms with Gasteiger partial charge in [-0.2, -0.15) is 4.98 Å². The number of aromatic nitrogens is 3. The number of rotatable bonds is 6. The second kappa shape index (κ2) is 6.29. The zero-order chi connectivity index (χ0) is 17.3. The summed E-state index contributed by atoms with van der Waals surface area (Å²) < 4.78 is 32.4. The molecule has 2 heterocycles. The Labute approximate surface area is 145 Å². The highest BCUT2D eigenvalue weighted by Gasteiger charge is 2.36. The summed E-state index contributed by atoms with van der Waals surface area (Å²) in [5, 5.41) is 3.68. The molecule has 1 aliphatic rings. The molecule has 0 unspecified atom stereocenters. The van der Waals surface area contributed by atoms with Crippen molar-refractivity contribution in [3.05, 3.63) is 60.2 Å². The molecule has 0 radical (unpaired) electrons. The summed E-state index contributed by atoms with van der Waals surface area (Å²) >= 11 is 0. The van der Waals surface area contributed by atoms with Gasteiger partial charge in [-0.1, -0.05) is 23.4 Å². The fourth-order valence-corrected chi connectivity index (χ4v) is 3.92. The van der Waals surface area contributed by atoms with Crippen LogP contribution in [0.5, 0.6) is 0 Å². The number of hydrogen-bond donors (Lipinski definition) is 1. The molecule has 1 aromatic carbocycles. The van der Waals surface area contributed by atoms with Gasteiger partial charge in [-0.15, -0.1) is 0 Å². The third kappa shape index (κ3) is 3.53. The Hall–Kier alpha value is -2.74. The maximum absolute atomic E-state index is 12.2. The molecule has 1 aliphatic carbocycles. The number of pyridine rings is 1. The lowest BCUT2D eigenvalue weighted by molar-refractivity contribution is 0.386. The topological polar surface area (TPSA) is 98.0 Å². The van der Waals surface area contributed by atoms with Crippen LogP contribution in [0.1, 0.15) is 24.3 Å². The maximum atomic E-state index is 12.2. The number of hydrogen-bond acceptors (Lipinski definition) is 6. The summed E-state index contributed by atoms with van der Waals surface area (Å²) in [5.41, 5.74) is 2.10. The summed E-state index contributed by atoms with van der Waals surface area (Å²) in [5.74, 6) is 0.871. The van der Waals surface area contributed by atoms with Crippen molar-refractivity contribution >= 4 is 15.7 Å². The third-order valence-corrected chi connectivity index (χ3v) is 5.82. The van der Waals surface area contributed by atoms with Gasteiger partial charge >= 0.3 is 0 Å². The summed E-state index contributed by atoms with van der Waals surface area (Å²) in [6.07, 6.45) is 5.11. The van der Waals surface area contributed by atoms with Crippen LogP contribution in [-0.2, 0) is 16.4 Å². The van der Waals surface area contributed by atoms with Crippen LogP contribution >= 0.6 is 0 Å². The van der Waals surface area contributed by atoms with Crippen molar-refractivity contribution in [2.75, 3.05) is 4.72 Å². The van der Waals surface area contributed by atoms with Crippen LogP contribution in [-0.4, -0.2) is 28.8 Å². The van der Waals surface area contributed by atoms with E-state index in [0.29, 0.717) is 23.8 Å². The molecule has 25 heavy (non-hydrogen) atoms. The Morgan fingerprint density at radius 2 is 2.00 bits per heavy atom. The van der Waals surface area contributed by atoms with Crippen molar-refractivity contribution in [1.82, 2.24) is 15.1 Å². The van der Waals surface area contributed by atoms with Gasteiger partial charge in [-0.05, 0) is 36.6 Å². The zero-order valence-corrected chi connectivity index (χ0v) is 14.1. The van der Waals surface area contributed by atoms with Crippen LogP contribution in [0.15, 0.2) is 53.3 Å². The van der Waals surface area contributed by atoms with Crippen LogP contribution in [0.4, 0.5) is 5.69 Å². The zero-order valence-electron chi connectivity index (χ0n) is 13.3. The quantitative estimate of drug-likeness (QED) is 0.729. The van der Waals surface area contributed by atoms with Crippen LogP contribution in [0.3, 0.4) is 0 Å². The molecule has 1 N–H and O–H groups in total. The van der Waals surface area contributed by atoms with Gasteiger partial charge in [-0.25, -0.2) is 8.42 Å². The predicted octanol–water partition coefficient (Wildman–Crippen LogP) is 2.63. The summed E-state index contributed by atoms with van der Waals surface area (Å²) in [4.78, 5) is 8.40. The van der Waals surface area contributed by atoms with Crippen molar-refractivity contribution < 1.29 is 12.9 Å². The lowest BCUT2D eigenvalue weighted by Crippen LogP contribution is -2.18. The lowest BCUT2D eigenvalue weighted by Gasteiger charge is -2.10. The SMILES string of the molecule is O=S(=O)(Nc1ccccc1Cc1nc(-c2cccnc2)no1)C1CC1. The van der Waals surface area contributed by atoms with E-state index in [1.54, 1.807) is 30.6 Å². The first-order valence-electron chi connectivity index (χ1n) is 7.94. The molecule has 8 heteroatoms. The molecule has 2 aromatic heterocycles. The minimum atomic E-state index is -3.32. The fourth-order valence-electron chi connectivity index (χ4n) is 2.49. The Bertz CT molecular complexity index is 982. The molecule has 0 aliphatic heterocycles. The number of anilines is 1. The van der Waals surface area contributed by atoms with E-state index in [1.165, 1.54) is 0 Å². The average Bonchev–Trinajstić information content (AvgIpc) is 3.38. The van der Waals surface area contributed by atoms with E-state index in [9.17, 15) is 8.42 Å². The molecule has 0 amide bonds. The second-order valence-corrected chi connectivity index (χ2v) is 7.89. The van der Waals surface area contributed by atoms with E-state index in [-0.39, 0.29) is 5.25 Å². The largest absolute Gasteiger partial charge is 0.339 e. The maximum Gasteiger partial charge on any atom is 0.235 e. The van der Waals surface area contributed by atoms with Crippen molar-refractivity contribution in [3.8, 4) is 11.4 Å². The van der Waals surface area contributed by atoms with Crippen molar-refractivity contribution in [3.63, 3.8) is 0 Å². The smallest absolute Gasteiger partial charge is 0.235 e. The lowest BCUT2D eigenvalue weighted by atomic mass is 10.1. The predicted molar refractivity (Wildman–Crippen MR) is 92.3 cm³/mol. The number of benzene rings is 1. The van der Waals surface area contributed by atoms with Crippen molar-refractivity contribution in [1.29, 1.82) is 0 Å². The van der Waals surface area contributed by atoms with Gasteiger partial charge in [0.15, 0.2) is 0 Å². The Morgan fingerprint density at radius 1 is 1.16 bits per heavy atom. The van der Waals surface area contributed by atoms with Gasteiger partial charge in [0.2, 0.25) is 21.7 Å². The average molecular weight is 356 g/mol. The van der Waals surface area contributed by atoms with E-state index < -0.39 is 10.0 Å². The van der Waals surface area contributed by atoms with Crippen LogP contribution < -0.4 is 4.72 Å². The molecule has 0 saturated heterocycles. The highest BCUT2D eigenvalue weighted by molar-refractivity contribution is 7.93. The molecule has 1 saturated carbocycles. The fraction of sp³-hybridized carbons (Fsp3) is 0.235. The monoisotopic (exact) mass is 356 g/mol. The Balaban J connectivity index is 1.56. The Kier molecular flexibility index (Phi) is 3.96. The highest BCUT2D eigenvalue weighted by Crippen LogP contribution is 2.31. The van der Waals surface area contributed by atoms with Crippen molar-refractivity contribution in [2.45, 2.75) is 24.5 Å². The van der Waals surface area contributed by atoms with E-state index in [0.717, 1.165) is 24.0 Å². The molecule has 0 spiro atoms. The number of nitrogens with one attached hydrogen (secondary N) is 1. The van der Waals surface area contributed by atoms with Gasteiger partial charge in [-0.3, -0.25) is 9.71 Å². The van der Waals surface area contributed by atoms with Gasteiger partial charge in [0.1, 0.15) is 0 Å². The molecule has 3 aromatic rings. The van der Waals surface area contributed by atoms with Gasteiger partial charge < -0.3 is 4.52 Å². The molecule has 7 nitrogen and oxygen atoms in total. The van der Waals surface area contributed by atoms with E-state index in [2.05, 4.69) is 19.8 Å². The molecule has 128 valence electrons. The van der Waals surface area contributed by atoms with E-state index in [4.69, 9.17) is 4.52 Å². The number of para-hydroxylation sites is 1. The standard InChI is InChI=1S/C17H16N4O3S/c22-25(23,14-7-8-14)21-15-6-2-1-4-12(15)10-16-19-17(20-24-16)13-5-3-9-18-11-13/h1-6,9,11,14,21H,7-8,10H2.